The largest absolute Gasteiger partial charge is 0.478 e. The summed E-state index contributed by atoms with van der Waals surface area (Å²) in [6, 6.07) is 2.64. The van der Waals surface area contributed by atoms with E-state index in [0.717, 1.165) is 0 Å². The van der Waals surface area contributed by atoms with Crippen LogP contribution in [0, 0.1) is 13.8 Å². The summed E-state index contributed by atoms with van der Waals surface area (Å²) >= 11 is 0. The zero-order valence-electron chi connectivity index (χ0n) is 11.3. The number of rotatable bonds is 3. The number of aromatic carboxylic acids is 1. The maximum absolute atomic E-state index is 12.5. The van der Waals surface area contributed by atoms with E-state index >= 15 is 0 Å². The fourth-order valence-electron chi connectivity index (χ4n) is 2.29. The molecule has 0 aromatic heterocycles. The summed E-state index contributed by atoms with van der Waals surface area (Å²) in [4.78, 5) is 11.1. The topological polar surface area (TPSA) is 94.9 Å². The second-order valence-electron chi connectivity index (χ2n) is 5.03. The van der Waals surface area contributed by atoms with E-state index in [1.165, 1.54) is 16.4 Å². The van der Waals surface area contributed by atoms with E-state index in [1.54, 1.807) is 13.8 Å². The van der Waals surface area contributed by atoms with Gasteiger partial charge in [0.05, 0.1) is 16.6 Å². The number of benzene rings is 1. The number of aliphatic hydroxyl groups excluding tert-OH is 1. The van der Waals surface area contributed by atoms with Gasteiger partial charge in [-0.2, -0.15) is 4.31 Å². The first-order valence-corrected chi connectivity index (χ1v) is 7.70. The van der Waals surface area contributed by atoms with Gasteiger partial charge in [0.2, 0.25) is 10.0 Å². The molecule has 0 bridgehead atoms. The number of hydrogen-bond donors (Lipinski definition) is 2. The maximum atomic E-state index is 12.5. The van der Waals surface area contributed by atoms with Gasteiger partial charge in [0.25, 0.3) is 0 Å². The van der Waals surface area contributed by atoms with Crippen molar-refractivity contribution in [1.29, 1.82) is 0 Å². The summed E-state index contributed by atoms with van der Waals surface area (Å²) in [5.74, 6) is -1.16. The van der Waals surface area contributed by atoms with Crippen molar-refractivity contribution in [3.8, 4) is 0 Å². The minimum absolute atomic E-state index is 0.00370. The van der Waals surface area contributed by atoms with Gasteiger partial charge in [0, 0.05) is 13.1 Å². The molecular formula is C13H17NO5S. The standard InChI is InChI=1S/C13H17NO5S/c1-8-5-10(13(16)17)6-12(9(8)2)20(18,19)14-4-3-11(15)7-14/h5-6,11,15H,3-4,7H2,1-2H3,(H,16,17). The summed E-state index contributed by atoms with van der Waals surface area (Å²) in [7, 11) is -3.77. The van der Waals surface area contributed by atoms with E-state index in [2.05, 4.69) is 0 Å². The fraction of sp³-hybridized carbons (Fsp3) is 0.462. The minimum Gasteiger partial charge on any atom is -0.478 e. The number of carbonyl (C=O) groups is 1. The van der Waals surface area contributed by atoms with Crippen LogP contribution in [0.3, 0.4) is 0 Å². The normalized spacial score (nSPS) is 20.2. The van der Waals surface area contributed by atoms with Gasteiger partial charge < -0.3 is 10.2 Å². The lowest BCUT2D eigenvalue weighted by Gasteiger charge is -2.18. The number of aryl methyl sites for hydroxylation is 1. The SMILES string of the molecule is Cc1cc(C(=O)O)cc(S(=O)(=O)N2CCC(O)C2)c1C. The molecule has 1 atom stereocenters. The first-order chi connectivity index (χ1) is 9.23. The van der Waals surface area contributed by atoms with Crippen LogP contribution in [0.4, 0.5) is 0 Å². The highest BCUT2D eigenvalue weighted by molar-refractivity contribution is 7.89. The third-order valence-corrected chi connectivity index (χ3v) is 5.60. The molecule has 1 aliphatic rings. The Balaban J connectivity index is 2.54. The molecule has 1 saturated heterocycles. The molecule has 1 fully saturated rings. The zero-order valence-corrected chi connectivity index (χ0v) is 12.1. The summed E-state index contributed by atoms with van der Waals surface area (Å²) in [5, 5.41) is 18.5. The number of sulfonamides is 1. The second kappa shape index (κ2) is 5.16. The summed E-state index contributed by atoms with van der Waals surface area (Å²) in [6.45, 7) is 3.64. The van der Waals surface area contributed by atoms with Gasteiger partial charge in [-0.05, 0) is 43.5 Å². The summed E-state index contributed by atoms with van der Waals surface area (Å²) in [6.07, 6.45) is -0.260. The highest BCUT2D eigenvalue weighted by Gasteiger charge is 2.33. The van der Waals surface area contributed by atoms with Crippen molar-refractivity contribution >= 4 is 16.0 Å². The van der Waals surface area contributed by atoms with Crippen LogP contribution >= 0.6 is 0 Å². The Labute approximate surface area is 117 Å². The van der Waals surface area contributed by atoms with Crippen LogP contribution in [0.2, 0.25) is 0 Å². The molecule has 7 heteroatoms. The predicted molar refractivity (Wildman–Crippen MR) is 72.3 cm³/mol. The van der Waals surface area contributed by atoms with Crippen LogP contribution in [0.25, 0.3) is 0 Å². The number of β-amino-alcohol motifs (C(OH)–C–C–N with tert-alkyl or cyclic N) is 1. The fourth-order valence-corrected chi connectivity index (χ4v) is 4.10. The lowest BCUT2D eigenvalue weighted by atomic mass is 10.1. The average molecular weight is 299 g/mol. The van der Waals surface area contributed by atoms with Crippen LogP contribution in [0.5, 0.6) is 0 Å². The Morgan fingerprint density at radius 3 is 2.50 bits per heavy atom. The van der Waals surface area contributed by atoms with Crippen LogP contribution in [-0.4, -0.2) is 48.1 Å². The molecule has 0 saturated carbocycles. The molecule has 0 amide bonds. The molecule has 110 valence electrons. The molecule has 1 aliphatic heterocycles. The first kappa shape index (κ1) is 15.0. The molecule has 0 radical (unpaired) electrons. The Kier molecular flexibility index (Phi) is 3.86. The van der Waals surface area contributed by atoms with Crippen molar-refractivity contribution in [1.82, 2.24) is 4.31 Å². The summed E-state index contributed by atoms with van der Waals surface area (Å²) < 4.78 is 26.3. The van der Waals surface area contributed by atoms with Crippen LogP contribution in [0.1, 0.15) is 27.9 Å². The Morgan fingerprint density at radius 1 is 1.35 bits per heavy atom. The van der Waals surface area contributed by atoms with E-state index in [1.807, 2.05) is 0 Å². The number of carboxylic acid groups (broad SMARTS) is 1. The van der Waals surface area contributed by atoms with Crippen molar-refractivity contribution in [2.75, 3.05) is 13.1 Å². The van der Waals surface area contributed by atoms with Gasteiger partial charge in [0.15, 0.2) is 0 Å². The van der Waals surface area contributed by atoms with E-state index in [4.69, 9.17) is 5.11 Å². The lowest BCUT2D eigenvalue weighted by Crippen LogP contribution is -2.30. The number of hydrogen-bond acceptors (Lipinski definition) is 4. The van der Waals surface area contributed by atoms with Crippen molar-refractivity contribution in [3.05, 3.63) is 28.8 Å². The number of nitrogens with zero attached hydrogens (tertiary/aromatic N) is 1. The molecule has 2 rings (SSSR count). The average Bonchev–Trinajstić information content (AvgIpc) is 2.79. The zero-order chi connectivity index (χ0) is 15.1. The quantitative estimate of drug-likeness (QED) is 0.859. The van der Waals surface area contributed by atoms with Crippen LogP contribution in [0.15, 0.2) is 17.0 Å². The highest BCUT2D eigenvalue weighted by atomic mass is 32.2. The van der Waals surface area contributed by atoms with Crippen LogP contribution in [-0.2, 0) is 10.0 Å². The first-order valence-electron chi connectivity index (χ1n) is 6.26. The van der Waals surface area contributed by atoms with Crippen molar-refractivity contribution in [3.63, 3.8) is 0 Å². The van der Waals surface area contributed by atoms with Gasteiger partial charge in [-0.25, -0.2) is 13.2 Å². The molecule has 20 heavy (non-hydrogen) atoms. The molecule has 1 aromatic carbocycles. The summed E-state index contributed by atoms with van der Waals surface area (Å²) in [5.41, 5.74) is 1.10. The lowest BCUT2D eigenvalue weighted by molar-refractivity contribution is 0.0696. The van der Waals surface area contributed by atoms with E-state index in [0.29, 0.717) is 17.5 Å². The minimum atomic E-state index is -3.77. The number of aliphatic hydroxyl groups is 1. The molecule has 2 N–H and O–H groups in total. The van der Waals surface area contributed by atoms with Crippen LogP contribution < -0.4 is 0 Å². The third-order valence-electron chi connectivity index (χ3n) is 3.61. The highest BCUT2D eigenvalue weighted by Crippen LogP contribution is 2.27. The van der Waals surface area contributed by atoms with Crippen molar-refractivity contribution in [2.45, 2.75) is 31.3 Å². The van der Waals surface area contributed by atoms with E-state index in [-0.39, 0.29) is 23.5 Å². The Morgan fingerprint density at radius 2 is 2.00 bits per heavy atom. The molecule has 6 nitrogen and oxygen atoms in total. The van der Waals surface area contributed by atoms with Gasteiger partial charge in [-0.15, -0.1) is 0 Å². The van der Waals surface area contributed by atoms with E-state index < -0.39 is 22.1 Å². The Hall–Kier alpha value is -1.44. The Bertz CT molecular complexity index is 653. The number of carboxylic acids is 1. The molecule has 1 aromatic rings. The molecule has 1 unspecified atom stereocenters. The van der Waals surface area contributed by atoms with Crippen molar-refractivity contribution in [2.24, 2.45) is 0 Å². The third kappa shape index (κ3) is 2.56. The second-order valence-corrected chi connectivity index (χ2v) is 6.93. The van der Waals surface area contributed by atoms with E-state index in [9.17, 15) is 18.3 Å². The van der Waals surface area contributed by atoms with Crippen molar-refractivity contribution < 1.29 is 23.4 Å². The maximum Gasteiger partial charge on any atom is 0.335 e. The molecule has 1 heterocycles. The molecular weight excluding hydrogens is 282 g/mol. The van der Waals surface area contributed by atoms with Gasteiger partial charge in [-0.1, -0.05) is 0 Å². The molecule has 0 spiro atoms. The van der Waals surface area contributed by atoms with Gasteiger partial charge in [0.1, 0.15) is 0 Å². The molecule has 0 aliphatic carbocycles. The predicted octanol–water partition coefficient (Wildman–Crippen LogP) is 0.757. The van der Waals surface area contributed by atoms with Gasteiger partial charge >= 0.3 is 5.97 Å². The monoisotopic (exact) mass is 299 g/mol. The van der Waals surface area contributed by atoms with Gasteiger partial charge in [-0.3, -0.25) is 0 Å². The smallest absolute Gasteiger partial charge is 0.335 e.